The summed E-state index contributed by atoms with van der Waals surface area (Å²) in [5, 5.41) is 11.5. The number of ether oxygens (including phenoxy) is 1. The van der Waals surface area contributed by atoms with Gasteiger partial charge in [-0.2, -0.15) is 0 Å². The normalized spacial score (nSPS) is 38.5. The van der Waals surface area contributed by atoms with Crippen molar-refractivity contribution >= 4 is 5.97 Å². The van der Waals surface area contributed by atoms with Gasteiger partial charge in [-0.1, -0.05) is 0 Å². The van der Waals surface area contributed by atoms with Crippen molar-refractivity contribution in [3.63, 3.8) is 0 Å². The smallest absolute Gasteiger partial charge is 0.323 e. The van der Waals surface area contributed by atoms with Gasteiger partial charge in [-0.05, 0) is 13.8 Å². The van der Waals surface area contributed by atoms with Crippen LogP contribution in [0.25, 0.3) is 0 Å². The largest absolute Gasteiger partial charge is 0.480 e. The molecule has 11 heavy (non-hydrogen) atoms. The number of hydrogen-bond acceptors (Lipinski definition) is 3. The van der Waals surface area contributed by atoms with E-state index in [4.69, 9.17) is 9.84 Å². The van der Waals surface area contributed by atoms with Crippen LogP contribution in [0.15, 0.2) is 0 Å². The van der Waals surface area contributed by atoms with Crippen molar-refractivity contribution in [1.29, 1.82) is 0 Å². The Morgan fingerprint density at radius 2 is 2.27 bits per heavy atom. The fourth-order valence-corrected chi connectivity index (χ4v) is 1.04. The molecule has 1 aliphatic heterocycles. The Hall–Kier alpha value is -0.610. The van der Waals surface area contributed by atoms with Crippen LogP contribution in [0, 0.1) is 0 Å². The topological polar surface area (TPSA) is 58.6 Å². The molecule has 1 saturated heterocycles. The van der Waals surface area contributed by atoms with Crippen LogP contribution in [0.2, 0.25) is 0 Å². The molecule has 1 rings (SSSR count). The van der Waals surface area contributed by atoms with E-state index in [2.05, 4.69) is 5.32 Å². The average molecular weight is 159 g/mol. The number of hydrogen-bond donors (Lipinski definition) is 2. The van der Waals surface area contributed by atoms with Gasteiger partial charge in [-0.15, -0.1) is 0 Å². The van der Waals surface area contributed by atoms with E-state index in [1.54, 1.807) is 0 Å². The molecule has 0 unspecified atom stereocenters. The second-order valence-corrected chi connectivity index (χ2v) is 2.88. The molecular formula is C7H13NO3. The zero-order chi connectivity index (χ0) is 8.43. The Balaban J connectivity index is 2.46. The van der Waals surface area contributed by atoms with Gasteiger partial charge in [0.2, 0.25) is 0 Å². The van der Waals surface area contributed by atoms with Crippen LogP contribution < -0.4 is 5.32 Å². The van der Waals surface area contributed by atoms with E-state index in [0.29, 0.717) is 0 Å². The van der Waals surface area contributed by atoms with Gasteiger partial charge >= 0.3 is 5.97 Å². The first-order valence-electron chi connectivity index (χ1n) is 3.71. The van der Waals surface area contributed by atoms with Crippen molar-refractivity contribution in [3.8, 4) is 0 Å². The fraction of sp³-hybridized carbons (Fsp3) is 0.857. The lowest BCUT2D eigenvalue weighted by atomic mass is 10.1. The van der Waals surface area contributed by atoms with Crippen molar-refractivity contribution in [2.45, 2.75) is 32.0 Å². The van der Waals surface area contributed by atoms with Crippen LogP contribution in [-0.2, 0) is 9.53 Å². The highest BCUT2D eigenvalue weighted by molar-refractivity contribution is 5.73. The number of carboxylic acid groups (broad SMARTS) is 1. The lowest BCUT2D eigenvalue weighted by Crippen LogP contribution is -2.54. The van der Waals surface area contributed by atoms with Crippen LogP contribution in [0.5, 0.6) is 0 Å². The predicted molar refractivity (Wildman–Crippen MR) is 39.4 cm³/mol. The van der Waals surface area contributed by atoms with E-state index in [9.17, 15) is 4.79 Å². The van der Waals surface area contributed by atoms with Gasteiger partial charge in [0.15, 0.2) is 0 Å². The lowest BCUT2D eigenvalue weighted by molar-refractivity contribution is -0.145. The van der Waals surface area contributed by atoms with Gasteiger partial charge in [0, 0.05) is 6.04 Å². The van der Waals surface area contributed by atoms with Crippen LogP contribution in [0.1, 0.15) is 13.8 Å². The summed E-state index contributed by atoms with van der Waals surface area (Å²) in [7, 11) is 0. The SMILES string of the molecule is C[C@@H]1N[C@@H](C(=O)O)CO[C@@H]1C. The molecule has 3 atom stereocenters. The van der Waals surface area contributed by atoms with Gasteiger partial charge in [-0.3, -0.25) is 10.1 Å². The van der Waals surface area contributed by atoms with Crippen molar-refractivity contribution < 1.29 is 14.6 Å². The first kappa shape index (κ1) is 8.49. The molecule has 0 saturated carbocycles. The molecule has 0 radical (unpaired) electrons. The van der Waals surface area contributed by atoms with Crippen LogP contribution >= 0.6 is 0 Å². The first-order valence-corrected chi connectivity index (χ1v) is 3.71. The van der Waals surface area contributed by atoms with Crippen LogP contribution in [0.3, 0.4) is 0 Å². The highest BCUT2D eigenvalue weighted by Gasteiger charge is 2.28. The van der Waals surface area contributed by atoms with E-state index >= 15 is 0 Å². The maximum absolute atomic E-state index is 10.5. The number of carbonyl (C=O) groups is 1. The quantitative estimate of drug-likeness (QED) is 0.558. The minimum absolute atomic E-state index is 0.102. The highest BCUT2D eigenvalue weighted by atomic mass is 16.5. The molecule has 1 heterocycles. The predicted octanol–water partition coefficient (Wildman–Crippen LogP) is -0.164. The summed E-state index contributed by atoms with van der Waals surface area (Å²) in [6.07, 6.45) is 0.102. The van der Waals surface area contributed by atoms with E-state index < -0.39 is 12.0 Å². The van der Waals surface area contributed by atoms with E-state index in [0.717, 1.165) is 0 Å². The molecule has 0 aromatic carbocycles. The monoisotopic (exact) mass is 159 g/mol. The Bertz CT molecular complexity index is 160. The van der Waals surface area contributed by atoms with Crippen molar-refractivity contribution in [2.24, 2.45) is 0 Å². The first-order chi connectivity index (χ1) is 5.11. The second-order valence-electron chi connectivity index (χ2n) is 2.88. The van der Waals surface area contributed by atoms with E-state index in [1.165, 1.54) is 0 Å². The van der Waals surface area contributed by atoms with E-state index in [-0.39, 0.29) is 18.8 Å². The molecule has 0 aromatic heterocycles. The van der Waals surface area contributed by atoms with Gasteiger partial charge in [0.1, 0.15) is 6.04 Å². The highest BCUT2D eigenvalue weighted by Crippen LogP contribution is 2.06. The molecule has 0 aromatic rings. The zero-order valence-corrected chi connectivity index (χ0v) is 6.70. The van der Waals surface area contributed by atoms with Gasteiger partial charge in [0.05, 0.1) is 12.7 Å². The number of aliphatic carboxylic acids is 1. The molecule has 4 nitrogen and oxygen atoms in total. The van der Waals surface area contributed by atoms with Crippen molar-refractivity contribution in [1.82, 2.24) is 5.32 Å². The second kappa shape index (κ2) is 3.19. The third-order valence-corrected chi connectivity index (χ3v) is 1.99. The molecule has 1 aliphatic rings. The zero-order valence-electron chi connectivity index (χ0n) is 6.70. The summed E-state index contributed by atoms with van der Waals surface area (Å²) in [6, 6.07) is -0.425. The fourth-order valence-electron chi connectivity index (χ4n) is 1.04. The molecule has 0 bridgehead atoms. The Kier molecular flexibility index (Phi) is 2.46. The number of nitrogens with one attached hydrogen (secondary N) is 1. The third kappa shape index (κ3) is 1.91. The number of carboxylic acids is 1. The molecule has 0 spiro atoms. The van der Waals surface area contributed by atoms with Crippen molar-refractivity contribution in [3.05, 3.63) is 0 Å². The molecular weight excluding hydrogens is 146 g/mol. The van der Waals surface area contributed by atoms with Gasteiger partial charge < -0.3 is 9.84 Å². The van der Waals surface area contributed by atoms with Gasteiger partial charge in [0.25, 0.3) is 0 Å². The number of morpholine rings is 1. The summed E-state index contributed by atoms with van der Waals surface area (Å²) in [5.74, 6) is -0.844. The minimum atomic E-state index is -0.844. The van der Waals surface area contributed by atoms with Crippen LogP contribution in [-0.4, -0.2) is 35.9 Å². The van der Waals surface area contributed by atoms with E-state index in [1.807, 2.05) is 13.8 Å². The van der Waals surface area contributed by atoms with Crippen LogP contribution in [0.4, 0.5) is 0 Å². The Labute approximate surface area is 65.5 Å². The summed E-state index contributed by atoms with van der Waals surface area (Å²) < 4.78 is 5.22. The molecule has 64 valence electrons. The summed E-state index contributed by atoms with van der Waals surface area (Å²) in [6.45, 7) is 4.11. The summed E-state index contributed by atoms with van der Waals surface area (Å²) >= 11 is 0. The lowest BCUT2D eigenvalue weighted by Gasteiger charge is -2.31. The molecule has 1 fully saturated rings. The Morgan fingerprint density at radius 3 is 2.73 bits per heavy atom. The average Bonchev–Trinajstić information content (AvgIpc) is 1.94. The maximum Gasteiger partial charge on any atom is 0.323 e. The number of rotatable bonds is 1. The maximum atomic E-state index is 10.5. The summed E-state index contributed by atoms with van der Waals surface area (Å²) in [5.41, 5.74) is 0. The molecule has 0 amide bonds. The molecule has 0 aliphatic carbocycles. The third-order valence-electron chi connectivity index (χ3n) is 1.99. The van der Waals surface area contributed by atoms with Crippen molar-refractivity contribution in [2.75, 3.05) is 6.61 Å². The minimum Gasteiger partial charge on any atom is -0.480 e. The molecule has 2 N–H and O–H groups in total. The van der Waals surface area contributed by atoms with Gasteiger partial charge in [-0.25, -0.2) is 0 Å². The standard InChI is InChI=1S/C7H13NO3/c1-4-5(2)11-3-6(8-4)7(9)10/h4-6,8H,3H2,1-2H3,(H,9,10)/t4-,5+,6+/m0/s1. The Morgan fingerprint density at radius 1 is 1.64 bits per heavy atom. The molecule has 4 heteroatoms. The summed E-state index contributed by atoms with van der Waals surface area (Å²) in [4.78, 5) is 10.5.